The minimum absolute atomic E-state index is 0.880. The first kappa shape index (κ1) is 12.6. The van der Waals surface area contributed by atoms with E-state index in [2.05, 4.69) is 15.2 Å². The monoisotopic (exact) mass is 261 g/mol. The molecule has 1 aliphatic carbocycles. The topological polar surface area (TPSA) is 40.8 Å². The van der Waals surface area contributed by atoms with Gasteiger partial charge in [0.05, 0.1) is 6.26 Å². The number of furan rings is 1. The fourth-order valence-electron chi connectivity index (χ4n) is 3.02. The zero-order valence-electron chi connectivity index (χ0n) is 11.6. The van der Waals surface area contributed by atoms with E-state index in [4.69, 9.17) is 4.42 Å². The molecule has 1 N–H and O–H groups in total. The van der Waals surface area contributed by atoms with Gasteiger partial charge in [-0.15, -0.1) is 0 Å². The van der Waals surface area contributed by atoms with Gasteiger partial charge in [0.1, 0.15) is 5.76 Å². The molecule has 0 spiro atoms. The SMILES string of the molecule is CN=C(NCCc1ccco1)N1CCC(C2CC2)C1. The highest BCUT2D eigenvalue weighted by molar-refractivity contribution is 5.80. The summed E-state index contributed by atoms with van der Waals surface area (Å²) < 4.78 is 5.34. The summed E-state index contributed by atoms with van der Waals surface area (Å²) in [5.41, 5.74) is 0. The zero-order valence-corrected chi connectivity index (χ0v) is 11.6. The Labute approximate surface area is 114 Å². The van der Waals surface area contributed by atoms with Crippen molar-refractivity contribution in [3.05, 3.63) is 24.2 Å². The van der Waals surface area contributed by atoms with Crippen LogP contribution in [0, 0.1) is 11.8 Å². The molecule has 1 aromatic heterocycles. The highest BCUT2D eigenvalue weighted by Gasteiger charge is 2.36. The van der Waals surface area contributed by atoms with E-state index >= 15 is 0 Å². The fraction of sp³-hybridized carbons (Fsp3) is 0.667. The molecule has 4 nitrogen and oxygen atoms in total. The fourth-order valence-corrected chi connectivity index (χ4v) is 3.02. The smallest absolute Gasteiger partial charge is 0.193 e. The maximum absolute atomic E-state index is 5.34. The summed E-state index contributed by atoms with van der Waals surface area (Å²) in [7, 11) is 1.87. The summed E-state index contributed by atoms with van der Waals surface area (Å²) in [6.45, 7) is 3.22. The predicted molar refractivity (Wildman–Crippen MR) is 76.2 cm³/mol. The molecule has 1 saturated heterocycles. The van der Waals surface area contributed by atoms with Crippen LogP contribution in [0.2, 0.25) is 0 Å². The van der Waals surface area contributed by atoms with E-state index in [0.29, 0.717) is 0 Å². The molecule has 2 aliphatic rings. The van der Waals surface area contributed by atoms with E-state index in [-0.39, 0.29) is 0 Å². The molecule has 0 amide bonds. The van der Waals surface area contributed by atoms with Crippen molar-refractivity contribution in [3.63, 3.8) is 0 Å². The Morgan fingerprint density at radius 3 is 3.00 bits per heavy atom. The van der Waals surface area contributed by atoms with Gasteiger partial charge in [-0.2, -0.15) is 0 Å². The second kappa shape index (κ2) is 5.68. The minimum atomic E-state index is 0.880. The molecule has 4 heteroatoms. The normalized spacial score (nSPS) is 23.9. The van der Waals surface area contributed by atoms with Crippen LogP contribution < -0.4 is 5.32 Å². The average Bonchev–Trinajstić information content (AvgIpc) is 2.95. The van der Waals surface area contributed by atoms with Crippen molar-refractivity contribution in [1.29, 1.82) is 0 Å². The van der Waals surface area contributed by atoms with Crippen LogP contribution in [0.3, 0.4) is 0 Å². The Morgan fingerprint density at radius 2 is 2.32 bits per heavy atom. The van der Waals surface area contributed by atoms with Gasteiger partial charge < -0.3 is 14.6 Å². The maximum atomic E-state index is 5.34. The molecule has 0 radical (unpaired) electrons. The van der Waals surface area contributed by atoms with Crippen molar-refractivity contribution in [2.24, 2.45) is 16.8 Å². The van der Waals surface area contributed by atoms with Gasteiger partial charge in [-0.25, -0.2) is 0 Å². The molecule has 104 valence electrons. The van der Waals surface area contributed by atoms with Gasteiger partial charge in [0.15, 0.2) is 5.96 Å². The lowest BCUT2D eigenvalue weighted by atomic mass is 10.0. The van der Waals surface area contributed by atoms with Crippen molar-refractivity contribution in [2.75, 3.05) is 26.7 Å². The van der Waals surface area contributed by atoms with Gasteiger partial charge in [-0.05, 0) is 43.2 Å². The number of hydrogen-bond acceptors (Lipinski definition) is 2. The second-order valence-corrected chi connectivity index (χ2v) is 5.64. The van der Waals surface area contributed by atoms with E-state index in [1.165, 1.54) is 25.8 Å². The van der Waals surface area contributed by atoms with Gasteiger partial charge in [-0.3, -0.25) is 4.99 Å². The molecule has 2 fully saturated rings. The van der Waals surface area contributed by atoms with Gasteiger partial charge in [0.2, 0.25) is 0 Å². The van der Waals surface area contributed by atoms with Crippen molar-refractivity contribution in [2.45, 2.75) is 25.7 Å². The van der Waals surface area contributed by atoms with E-state index in [1.54, 1.807) is 6.26 Å². The summed E-state index contributed by atoms with van der Waals surface area (Å²) in [6.07, 6.45) is 6.87. The number of nitrogens with zero attached hydrogens (tertiary/aromatic N) is 2. The lowest BCUT2D eigenvalue weighted by Crippen LogP contribution is -2.40. The molecule has 1 atom stereocenters. The molecule has 19 heavy (non-hydrogen) atoms. The third kappa shape index (κ3) is 3.11. The summed E-state index contributed by atoms with van der Waals surface area (Å²) in [4.78, 5) is 6.81. The maximum Gasteiger partial charge on any atom is 0.193 e. The summed E-state index contributed by atoms with van der Waals surface area (Å²) in [6, 6.07) is 3.95. The van der Waals surface area contributed by atoms with Crippen molar-refractivity contribution in [1.82, 2.24) is 10.2 Å². The van der Waals surface area contributed by atoms with E-state index < -0.39 is 0 Å². The number of guanidine groups is 1. The van der Waals surface area contributed by atoms with Crippen LogP contribution in [0.5, 0.6) is 0 Å². The molecule has 1 aliphatic heterocycles. The van der Waals surface area contributed by atoms with Crippen LogP contribution in [-0.4, -0.2) is 37.5 Å². The Balaban J connectivity index is 1.45. The lowest BCUT2D eigenvalue weighted by Gasteiger charge is -2.21. The van der Waals surface area contributed by atoms with Crippen LogP contribution in [0.1, 0.15) is 25.0 Å². The molecule has 1 unspecified atom stereocenters. The van der Waals surface area contributed by atoms with Crippen LogP contribution in [0.15, 0.2) is 27.8 Å². The summed E-state index contributed by atoms with van der Waals surface area (Å²) in [5.74, 6) is 3.99. The van der Waals surface area contributed by atoms with Crippen LogP contribution >= 0.6 is 0 Å². The van der Waals surface area contributed by atoms with Crippen LogP contribution in [0.25, 0.3) is 0 Å². The lowest BCUT2D eigenvalue weighted by molar-refractivity contribution is 0.434. The van der Waals surface area contributed by atoms with Crippen LogP contribution in [-0.2, 0) is 6.42 Å². The van der Waals surface area contributed by atoms with Crippen molar-refractivity contribution in [3.8, 4) is 0 Å². The molecule has 1 aromatic rings. The molecule has 0 aromatic carbocycles. The van der Waals surface area contributed by atoms with Crippen LogP contribution in [0.4, 0.5) is 0 Å². The Kier molecular flexibility index (Phi) is 3.76. The summed E-state index contributed by atoms with van der Waals surface area (Å²) >= 11 is 0. The molecule has 0 bridgehead atoms. The van der Waals surface area contributed by atoms with Crippen molar-refractivity contribution >= 4 is 5.96 Å². The minimum Gasteiger partial charge on any atom is -0.469 e. The van der Waals surface area contributed by atoms with E-state index in [9.17, 15) is 0 Å². The Bertz CT molecular complexity index is 423. The first-order valence-corrected chi connectivity index (χ1v) is 7.35. The summed E-state index contributed by atoms with van der Waals surface area (Å²) in [5, 5.41) is 3.45. The molecule has 2 heterocycles. The molecular formula is C15H23N3O. The number of rotatable bonds is 4. The first-order chi connectivity index (χ1) is 9.36. The highest BCUT2D eigenvalue weighted by atomic mass is 16.3. The highest BCUT2D eigenvalue weighted by Crippen LogP contribution is 2.41. The number of hydrogen-bond donors (Lipinski definition) is 1. The van der Waals surface area contributed by atoms with Gasteiger partial charge in [-0.1, -0.05) is 0 Å². The first-order valence-electron chi connectivity index (χ1n) is 7.35. The van der Waals surface area contributed by atoms with Gasteiger partial charge >= 0.3 is 0 Å². The van der Waals surface area contributed by atoms with E-state index in [1.807, 2.05) is 19.2 Å². The number of aliphatic imine (C=N–C) groups is 1. The third-order valence-electron chi connectivity index (χ3n) is 4.26. The number of nitrogens with one attached hydrogen (secondary N) is 1. The van der Waals surface area contributed by atoms with Crippen molar-refractivity contribution < 1.29 is 4.42 Å². The third-order valence-corrected chi connectivity index (χ3v) is 4.26. The van der Waals surface area contributed by atoms with E-state index in [0.717, 1.165) is 43.1 Å². The zero-order chi connectivity index (χ0) is 13.1. The quantitative estimate of drug-likeness (QED) is 0.667. The predicted octanol–water partition coefficient (Wildman–Crippen LogP) is 2.13. The Hall–Kier alpha value is -1.45. The molecule has 3 rings (SSSR count). The standard InChI is InChI=1S/C15H23N3O/c1-16-15(17-8-6-14-3-2-10-19-14)18-9-7-13(11-18)12-4-5-12/h2-3,10,12-13H,4-9,11H2,1H3,(H,16,17). The molecular weight excluding hydrogens is 238 g/mol. The average molecular weight is 261 g/mol. The Morgan fingerprint density at radius 1 is 1.42 bits per heavy atom. The largest absolute Gasteiger partial charge is 0.469 e. The second-order valence-electron chi connectivity index (χ2n) is 5.64. The van der Waals surface area contributed by atoms with Gasteiger partial charge in [0.25, 0.3) is 0 Å². The number of likely N-dealkylation sites (tertiary alicyclic amines) is 1. The van der Waals surface area contributed by atoms with Gasteiger partial charge in [0, 0.05) is 33.1 Å². The molecule has 1 saturated carbocycles.